The first-order valence-corrected chi connectivity index (χ1v) is 11.6. The molecule has 31 heavy (non-hydrogen) atoms. The van der Waals surface area contributed by atoms with E-state index < -0.39 is 26.8 Å². The average molecular weight is 475 g/mol. The van der Waals surface area contributed by atoms with Gasteiger partial charge in [-0.05, 0) is 55.7 Å². The number of amides is 1. The van der Waals surface area contributed by atoms with E-state index in [2.05, 4.69) is 10.0 Å². The lowest BCUT2D eigenvalue weighted by molar-refractivity contribution is -0.137. The summed E-state index contributed by atoms with van der Waals surface area (Å²) in [4.78, 5) is 12.5. The molecule has 2 aromatic carbocycles. The number of sulfonamides is 1. The van der Waals surface area contributed by atoms with Crippen LogP contribution < -0.4 is 10.0 Å². The van der Waals surface area contributed by atoms with Crippen molar-refractivity contribution in [1.29, 1.82) is 0 Å². The van der Waals surface area contributed by atoms with Gasteiger partial charge < -0.3 is 5.32 Å². The number of carbonyl (C=O) groups excluding carboxylic acids is 1. The van der Waals surface area contributed by atoms with E-state index in [-0.39, 0.29) is 28.1 Å². The molecule has 1 fully saturated rings. The molecule has 3 rings (SSSR count). The minimum absolute atomic E-state index is 0.0499. The van der Waals surface area contributed by atoms with Gasteiger partial charge >= 0.3 is 6.18 Å². The standard InChI is InChI=1S/C21H22ClF3N2O3S/c1-13-7-9-16(12-17(13)20(28)26-14-5-3-2-4-6-14)31(29,30)27-15-8-10-19(22)18(11-15)21(23,24)25/h7-12,14,27H,2-6H2,1H3,(H,26,28). The summed E-state index contributed by atoms with van der Waals surface area (Å²) < 4.78 is 66.8. The van der Waals surface area contributed by atoms with Crippen molar-refractivity contribution in [3.63, 3.8) is 0 Å². The van der Waals surface area contributed by atoms with Crippen LogP contribution in [0.3, 0.4) is 0 Å². The Morgan fingerprint density at radius 1 is 1.06 bits per heavy atom. The fraction of sp³-hybridized carbons (Fsp3) is 0.381. The summed E-state index contributed by atoms with van der Waals surface area (Å²) in [6.07, 6.45) is 0.218. The maximum atomic E-state index is 13.1. The molecule has 2 N–H and O–H groups in total. The van der Waals surface area contributed by atoms with Crippen LogP contribution in [0.4, 0.5) is 18.9 Å². The maximum absolute atomic E-state index is 13.1. The molecule has 1 amide bonds. The minimum atomic E-state index is -4.73. The smallest absolute Gasteiger partial charge is 0.349 e. The molecule has 5 nitrogen and oxygen atoms in total. The van der Waals surface area contributed by atoms with Crippen LogP contribution in [0.15, 0.2) is 41.3 Å². The molecule has 2 aromatic rings. The van der Waals surface area contributed by atoms with Crippen molar-refractivity contribution in [2.45, 2.75) is 56.1 Å². The largest absolute Gasteiger partial charge is 0.417 e. The molecular formula is C21H22ClF3N2O3S. The number of carbonyl (C=O) groups is 1. The first kappa shape index (κ1) is 23.4. The van der Waals surface area contributed by atoms with Crippen LogP contribution in [0.2, 0.25) is 5.02 Å². The third kappa shape index (κ3) is 5.71. The first-order valence-electron chi connectivity index (χ1n) is 9.78. The predicted octanol–water partition coefficient (Wildman–Crippen LogP) is 5.53. The quantitative estimate of drug-likeness (QED) is 0.598. The number of alkyl halides is 3. The minimum Gasteiger partial charge on any atom is -0.349 e. The third-order valence-electron chi connectivity index (χ3n) is 5.23. The van der Waals surface area contributed by atoms with Gasteiger partial charge in [0.2, 0.25) is 0 Å². The zero-order valence-corrected chi connectivity index (χ0v) is 18.3. The molecule has 0 aliphatic heterocycles. The van der Waals surface area contributed by atoms with Crippen molar-refractivity contribution >= 4 is 33.2 Å². The highest BCUT2D eigenvalue weighted by molar-refractivity contribution is 7.92. The van der Waals surface area contributed by atoms with Crippen molar-refractivity contribution in [3.8, 4) is 0 Å². The van der Waals surface area contributed by atoms with Crippen LogP contribution in [0.1, 0.15) is 53.6 Å². The molecule has 0 radical (unpaired) electrons. The molecule has 1 saturated carbocycles. The molecule has 1 aliphatic rings. The van der Waals surface area contributed by atoms with Crippen LogP contribution in [-0.2, 0) is 16.2 Å². The summed E-state index contributed by atoms with van der Waals surface area (Å²) in [5, 5.41) is 2.41. The molecule has 0 atom stereocenters. The Hall–Kier alpha value is -2.26. The van der Waals surface area contributed by atoms with Gasteiger partial charge in [-0.1, -0.05) is 36.9 Å². The van der Waals surface area contributed by atoms with E-state index in [4.69, 9.17) is 11.6 Å². The molecule has 0 spiro atoms. The van der Waals surface area contributed by atoms with Crippen molar-refractivity contribution in [2.75, 3.05) is 4.72 Å². The average Bonchev–Trinajstić information content (AvgIpc) is 2.69. The van der Waals surface area contributed by atoms with Crippen molar-refractivity contribution in [2.24, 2.45) is 0 Å². The Bertz CT molecular complexity index is 1080. The van der Waals surface area contributed by atoms with Gasteiger partial charge in [0, 0.05) is 17.3 Å². The number of anilines is 1. The highest BCUT2D eigenvalue weighted by Gasteiger charge is 2.33. The second-order valence-electron chi connectivity index (χ2n) is 7.58. The fourth-order valence-corrected chi connectivity index (χ4v) is 4.84. The molecule has 0 heterocycles. The number of rotatable bonds is 5. The summed E-state index contributed by atoms with van der Waals surface area (Å²) in [7, 11) is -4.23. The van der Waals surface area contributed by atoms with Crippen LogP contribution in [0, 0.1) is 6.92 Å². The second kappa shape index (κ2) is 9.08. The molecule has 1 aliphatic carbocycles. The first-order chi connectivity index (χ1) is 14.5. The van der Waals surface area contributed by atoms with Crippen LogP contribution >= 0.6 is 11.6 Å². The van der Waals surface area contributed by atoms with Crippen LogP contribution in [-0.4, -0.2) is 20.4 Å². The lowest BCUT2D eigenvalue weighted by atomic mass is 9.95. The number of halogens is 4. The SMILES string of the molecule is Cc1ccc(S(=O)(=O)Nc2ccc(Cl)c(C(F)(F)F)c2)cc1C(=O)NC1CCCCC1. The highest BCUT2D eigenvalue weighted by atomic mass is 35.5. The molecule has 0 saturated heterocycles. The van der Waals surface area contributed by atoms with Gasteiger partial charge in [-0.2, -0.15) is 13.2 Å². The van der Waals surface area contributed by atoms with Gasteiger partial charge in [0.05, 0.1) is 15.5 Å². The zero-order valence-electron chi connectivity index (χ0n) is 16.7. The van der Waals surface area contributed by atoms with E-state index in [1.54, 1.807) is 6.92 Å². The fourth-order valence-electron chi connectivity index (χ4n) is 3.54. The Morgan fingerprint density at radius 2 is 1.74 bits per heavy atom. The summed E-state index contributed by atoms with van der Waals surface area (Å²) in [6, 6.07) is 6.82. The van der Waals surface area contributed by atoms with Crippen molar-refractivity contribution in [3.05, 3.63) is 58.1 Å². The van der Waals surface area contributed by atoms with Gasteiger partial charge in [-0.3, -0.25) is 9.52 Å². The summed E-state index contributed by atoms with van der Waals surface area (Å²) in [5.41, 5.74) is -0.630. The Balaban J connectivity index is 1.85. The summed E-state index contributed by atoms with van der Waals surface area (Å²) in [5.74, 6) is -0.368. The molecule has 10 heteroatoms. The molecular weight excluding hydrogens is 453 g/mol. The lowest BCUT2D eigenvalue weighted by Crippen LogP contribution is -2.36. The molecule has 0 unspecified atom stereocenters. The number of nitrogens with one attached hydrogen (secondary N) is 2. The van der Waals surface area contributed by atoms with E-state index in [1.807, 2.05) is 0 Å². The van der Waals surface area contributed by atoms with E-state index in [0.717, 1.165) is 44.2 Å². The Labute approximate surface area is 184 Å². The van der Waals surface area contributed by atoms with Crippen LogP contribution in [0.25, 0.3) is 0 Å². The number of aryl methyl sites for hydroxylation is 1. The predicted molar refractivity (Wildman–Crippen MR) is 113 cm³/mol. The van der Waals surface area contributed by atoms with E-state index in [0.29, 0.717) is 11.6 Å². The normalized spacial score (nSPS) is 15.5. The summed E-state index contributed by atoms with van der Waals surface area (Å²) >= 11 is 5.58. The van der Waals surface area contributed by atoms with Crippen molar-refractivity contribution < 1.29 is 26.4 Å². The van der Waals surface area contributed by atoms with Gasteiger partial charge in [0.1, 0.15) is 0 Å². The van der Waals surface area contributed by atoms with E-state index in [9.17, 15) is 26.4 Å². The number of hydrogen-bond donors (Lipinski definition) is 2. The van der Waals surface area contributed by atoms with Crippen LogP contribution in [0.5, 0.6) is 0 Å². The highest BCUT2D eigenvalue weighted by Crippen LogP contribution is 2.36. The maximum Gasteiger partial charge on any atom is 0.417 e. The van der Waals surface area contributed by atoms with Gasteiger partial charge in [0.25, 0.3) is 15.9 Å². The molecule has 0 aromatic heterocycles. The van der Waals surface area contributed by atoms with Gasteiger partial charge in [-0.25, -0.2) is 8.42 Å². The summed E-state index contributed by atoms with van der Waals surface area (Å²) in [6.45, 7) is 1.69. The lowest BCUT2D eigenvalue weighted by Gasteiger charge is -2.23. The Kier molecular flexibility index (Phi) is 6.85. The molecule has 0 bridgehead atoms. The molecule has 168 valence electrons. The van der Waals surface area contributed by atoms with Crippen molar-refractivity contribution in [1.82, 2.24) is 5.32 Å². The van der Waals surface area contributed by atoms with Gasteiger partial charge in [0.15, 0.2) is 0 Å². The second-order valence-corrected chi connectivity index (χ2v) is 9.67. The van der Waals surface area contributed by atoms with E-state index >= 15 is 0 Å². The third-order valence-corrected chi connectivity index (χ3v) is 6.94. The number of benzene rings is 2. The Morgan fingerprint density at radius 3 is 2.39 bits per heavy atom. The topological polar surface area (TPSA) is 75.3 Å². The monoisotopic (exact) mass is 474 g/mol. The van der Waals surface area contributed by atoms with E-state index in [1.165, 1.54) is 18.2 Å². The number of hydrogen-bond acceptors (Lipinski definition) is 3. The van der Waals surface area contributed by atoms with Gasteiger partial charge in [-0.15, -0.1) is 0 Å². The zero-order chi connectivity index (χ0) is 22.8.